The first kappa shape index (κ1) is 13.4. The van der Waals surface area contributed by atoms with E-state index in [0.717, 1.165) is 19.4 Å². The van der Waals surface area contributed by atoms with E-state index in [-0.39, 0.29) is 13.0 Å². The summed E-state index contributed by atoms with van der Waals surface area (Å²) in [5.74, 6) is -0.756. The van der Waals surface area contributed by atoms with E-state index in [1.54, 1.807) is 0 Å². The monoisotopic (exact) mass is 205 g/mol. The first-order valence-electron chi connectivity index (χ1n) is 4.88. The van der Waals surface area contributed by atoms with Gasteiger partial charge in [-0.2, -0.15) is 0 Å². The van der Waals surface area contributed by atoms with Crippen molar-refractivity contribution in [3.05, 3.63) is 0 Å². The molecule has 0 amide bonds. The van der Waals surface area contributed by atoms with Gasteiger partial charge in [0.15, 0.2) is 0 Å². The Bertz CT molecular complexity index is 152. The fourth-order valence-corrected chi connectivity index (χ4v) is 1.04. The highest BCUT2D eigenvalue weighted by Crippen LogP contribution is 1.98. The minimum Gasteiger partial charge on any atom is -0.481 e. The zero-order chi connectivity index (χ0) is 10.8. The lowest BCUT2D eigenvalue weighted by atomic mass is 10.2. The summed E-state index contributed by atoms with van der Waals surface area (Å²) < 4.78 is 0. The fourth-order valence-electron chi connectivity index (χ4n) is 1.04. The molecule has 5 nitrogen and oxygen atoms in total. The minimum atomic E-state index is -0.756. The molecule has 0 aliphatic heterocycles. The van der Waals surface area contributed by atoms with Crippen LogP contribution >= 0.6 is 0 Å². The highest BCUT2D eigenvalue weighted by molar-refractivity contribution is 5.66. The number of aliphatic hydroxyl groups excluding tert-OH is 2. The molecule has 0 aliphatic carbocycles. The van der Waals surface area contributed by atoms with Gasteiger partial charge < -0.3 is 20.6 Å². The largest absolute Gasteiger partial charge is 0.481 e. The van der Waals surface area contributed by atoms with Crippen molar-refractivity contribution in [2.24, 2.45) is 0 Å². The lowest BCUT2D eigenvalue weighted by molar-refractivity contribution is -0.137. The van der Waals surface area contributed by atoms with Gasteiger partial charge >= 0.3 is 5.97 Å². The van der Waals surface area contributed by atoms with E-state index >= 15 is 0 Å². The van der Waals surface area contributed by atoms with E-state index in [4.69, 9.17) is 15.3 Å². The van der Waals surface area contributed by atoms with E-state index < -0.39 is 12.1 Å². The average Bonchev–Trinajstić information content (AvgIpc) is 2.15. The smallest absolute Gasteiger partial charge is 0.303 e. The number of nitrogens with one attached hydrogen (secondary N) is 1. The average molecular weight is 205 g/mol. The van der Waals surface area contributed by atoms with Gasteiger partial charge in [0, 0.05) is 13.0 Å². The molecule has 4 N–H and O–H groups in total. The maximum atomic E-state index is 10.1. The molecule has 84 valence electrons. The van der Waals surface area contributed by atoms with Gasteiger partial charge in [0.2, 0.25) is 0 Å². The number of hydrogen-bond donors (Lipinski definition) is 4. The van der Waals surface area contributed by atoms with E-state index in [9.17, 15) is 4.79 Å². The Morgan fingerprint density at radius 1 is 1.29 bits per heavy atom. The maximum Gasteiger partial charge on any atom is 0.303 e. The van der Waals surface area contributed by atoms with Gasteiger partial charge in [0.25, 0.3) is 0 Å². The third-order valence-electron chi connectivity index (χ3n) is 1.83. The molecule has 0 aliphatic rings. The predicted molar refractivity (Wildman–Crippen MR) is 52.1 cm³/mol. The van der Waals surface area contributed by atoms with Crippen LogP contribution in [0.15, 0.2) is 0 Å². The standard InChI is InChI=1S/C9H19NO4/c11-7-8(12)6-10-5-3-1-2-4-9(13)14/h8,10-12H,1-7H2,(H,13,14). The molecule has 1 atom stereocenters. The van der Waals surface area contributed by atoms with Crippen LogP contribution in [0.3, 0.4) is 0 Å². The Kier molecular flexibility index (Phi) is 8.51. The Morgan fingerprint density at radius 3 is 2.57 bits per heavy atom. The SMILES string of the molecule is O=C(O)CCCCCNCC(O)CO. The van der Waals surface area contributed by atoms with Crippen molar-refractivity contribution in [3.8, 4) is 0 Å². The van der Waals surface area contributed by atoms with Gasteiger partial charge in [-0.1, -0.05) is 6.42 Å². The van der Waals surface area contributed by atoms with Crippen molar-refractivity contribution in [2.75, 3.05) is 19.7 Å². The number of carboxylic acids is 1. The molecule has 5 heteroatoms. The van der Waals surface area contributed by atoms with Crippen LogP contribution in [-0.2, 0) is 4.79 Å². The van der Waals surface area contributed by atoms with Gasteiger partial charge in [-0.3, -0.25) is 4.79 Å². The van der Waals surface area contributed by atoms with Crippen LogP contribution in [0.2, 0.25) is 0 Å². The summed E-state index contributed by atoms with van der Waals surface area (Å²) in [6.07, 6.45) is 1.98. The molecule has 0 bridgehead atoms. The van der Waals surface area contributed by atoms with Crippen molar-refractivity contribution in [2.45, 2.75) is 31.8 Å². The van der Waals surface area contributed by atoms with E-state index in [1.165, 1.54) is 0 Å². The topological polar surface area (TPSA) is 89.8 Å². The highest BCUT2D eigenvalue weighted by atomic mass is 16.4. The number of unbranched alkanes of at least 4 members (excludes halogenated alkanes) is 2. The summed E-state index contributed by atoms with van der Waals surface area (Å²) in [4.78, 5) is 10.1. The van der Waals surface area contributed by atoms with Crippen LogP contribution in [-0.4, -0.2) is 47.1 Å². The second-order valence-electron chi connectivity index (χ2n) is 3.24. The third kappa shape index (κ3) is 9.44. The molecular weight excluding hydrogens is 186 g/mol. The van der Waals surface area contributed by atoms with Crippen LogP contribution in [0.4, 0.5) is 0 Å². The Balaban J connectivity index is 3.02. The molecule has 0 spiro atoms. The Morgan fingerprint density at radius 2 is 2.00 bits per heavy atom. The fraction of sp³-hybridized carbons (Fsp3) is 0.889. The van der Waals surface area contributed by atoms with Crippen LogP contribution in [0.25, 0.3) is 0 Å². The number of carboxylic acid groups (broad SMARTS) is 1. The van der Waals surface area contributed by atoms with E-state index in [0.29, 0.717) is 13.0 Å². The molecular formula is C9H19NO4. The molecule has 0 radical (unpaired) electrons. The van der Waals surface area contributed by atoms with Gasteiger partial charge in [-0.05, 0) is 19.4 Å². The second-order valence-corrected chi connectivity index (χ2v) is 3.24. The number of rotatable bonds is 9. The summed E-state index contributed by atoms with van der Waals surface area (Å²) in [5.41, 5.74) is 0. The van der Waals surface area contributed by atoms with Crippen LogP contribution in [0.1, 0.15) is 25.7 Å². The summed E-state index contributed by atoms with van der Waals surface area (Å²) >= 11 is 0. The highest BCUT2D eigenvalue weighted by Gasteiger charge is 2.00. The van der Waals surface area contributed by atoms with E-state index in [1.807, 2.05) is 0 Å². The molecule has 0 rings (SSSR count). The van der Waals surface area contributed by atoms with Gasteiger partial charge in [-0.15, -0.1) is 0 Å². The molecule has 1 unspecified atom stereocenters. The summed E-state index contributed by atoms with van der Waals surface area (Å²) in [6, 6.07) is 0. The molecule has 0 fully saturated rings. The van der Waals surface area contributed by atoms with Crippen molar-refractivity contribution < 1.29 is 20.1 Å². The zero-order valence-corrected chi connectivity index (χ0v) is 8.28. The third-order valence-corrected chi connectivity index (χ3v) is 1.83. The minimum absolute atomic E-state index is 0.221. The summed E-state index contributed by atoms with van der Waals surface area (Å²) in [7, 11) is 0. The molecule has 0 aromatic heterocycles. The summed E-state index contributed by atoms with van der Waals surface area (Å²) in [5, 5.41) is 28.7. The number of carbonyl (C=O) groups is 1. The second kappa shape index (κ2) is 8.93. The van der Waals surface area contributed by atoms with Crippen LogP contribution in [0, 0.1) is 0 Å². The summed E-state index contributed by atoms with van der Waals surface area (Å²) in [6.45, 7) is 0.901. The van der Waals surface area contributed by atoms with Gasteiger partial charge in [0.1, 0.15) is 0 Å². The van der Waals surface area contributed by atoms with Crippen molar-refractivity contribution >= 4 is 5.97 Å². The molecule has 0 aromatic carbocycles. The van der Waals surface area contributed by atoms with Gasteiger partial charge in [0.05, 0.1) is 12.7 Å². The lowest BCUT2D eigenvalue weighted by Crippen LogP contribution is -2.29. The van der Waals surface area contributed by atoms with Crippen LogP contribution in [0.5, 0.6) is 0 Å². The number of aliphatic hydroxyl groups is 2. The number of aliphatic carboxylic acids is 1. The molecule has 0 heterocycles. The normalized spacial score (nSPS) is 12.7. The van der Waals surface area contributed by atoms with Crippen molar-refractivity contribution in [3.63, 3.8) is 0 Å². The van der Waals surface area contributed by atoms with Crippen LogP contribution < -0.4 is 5.32 Å². The van der Waals surface area contributed by atoms with Crippen molar-refractivity contribution in [1.29, 1.82) is 0 Å². The predicted octanol–water partition coefficient (Wildman–Crippen LogP) is -0.426. The quantitative estimate of drug-likeness (QED) is 0.384. The molecule has 0 saturated carbocycles. The molecule has 14 heavy (non-hydrogen) atoms. The Hall–Kier alpha value is -0.650. The van der Waals surface area contributed by atoms with E-state index in [2.05, 4.69) is 5.32 Å². The zero-order valence-electron chi connectivity index (χ0n) is 8.28. The molecule has 0 saturated heterocycles. The maximum absolute atomic E-state index is 10.1. The Labute approximate surface area is 83.8 Å². The number of hydrogen-bond acceptors (Lipinski definition) is 4. The van der Waals surface area contributed by atoms with Crippen molar-refractivity contribution in [1.82, 2.24) is 5.32 Å². The molecule has 0 aromatic rings. The van der Waals surface area contributed by atoms with Gasteiger partial charge in [-0.25, -0.2) is 0 Å². The first-order chi connectivity index (χ1) is 6.66. The lowest BCUT2D eigenvalue weighted by Gasteiger charge is -2.08. The first-order valence-corrected chi connectivity index (χ1v) is 4.88.